The van der Waals surface area contributed by atoms with Crippen LogP contribution in [0, 0.1) is 17.3 Å². The predicted octanol–water partition coefficient (Wildman–Crippen LogP) is 3.92. The van der Waals surface area contributed by atoms with E-state index in [-0.39, 0.29) is 36.8 Å². The van der Waals surface area contributed by atoms with E-state index in [4.69, 9.17) is 4.74 Å². The minimum absolute atomic E-state index is 0.00902. The minimum atomic E-state index is -0.824. The second-order valence-corrected chi connectivity index (χ2v) is 9.82. The summed E-state index contributed by atoms with van der Waals surface area (Å²) in [4.78, 5) is 36.5. The molecule has 0 bridgehead atoms. The Labute approximate surface area is 198 Å². The van der Waals surface area contributed by atoms with Gasteiger partial charge in [0.1, 0.15) is 6.61 Å². The highest BCUT2D eigenvalue weighted by molar-refractivity contribution is 5.83. The summed E-state index contributed by atoms with van der Waals surface area (Å²) in [6.45, 7) is 0.814. The van der Waals surface area contributed by atoms with Crippen molar-refractivity contribution in [1.29, 1.82) is 0 Å². The molecule has 7 heteroatoms. The Morgan fingerprint density at radius 2 is 1.56 bits per heavy atom. The highest BCUT2D eigenvalue weighted by Gasteiger charge is 2.46. The minimum Gasteiger partial charge on any atom is -0.481 e. The molecule has 34 heavy (non-hydrogen) atoms. The van der Waals surface area contributed by atoms with Gasteiger partial charge in [-0.25, -0.2) is 4.79 Å². The number of carbonyl (C=O) groups excluding carboxylic acids is 2. The Hall–Kier alpha value is -3.35. The van der Waals surface area contributed by atoms with Crippen LogP contribution in [0.15, 0.2) is 48.5 Å². The first-order chi connectivity index (χ1) is 16.5. The number of aliphatic carboxylic acids is 1. The lowest BCUT2D eigenvalue weighted by atomic mass is 9.86. The molecule has 2 aromatic carbocycles. The van der Waals surface area contributed by atoms with E-state index in [0.717, 1.165) is 24.0 Å². The van der Waals surface area contributed by atoms with E-state index in [9.17, 15) is 19.5 Å². The molecule has 0 radical (unpaired) electrons. The molecule has 0 saturated heterocycles. The number of ether oxygens (including phenoxy) is 1. The first-order valence-electron chi connectivity index (χ1n) is 12.1. The van der Waals surface area contributed by atoms with Gasteiger partial charge in [0.2, 0.25) is 5.91 Å². The molecule has 2 fully saturated rings. The molecule has 178 valence electrons. The van der Waals surface area contributed by atoms with Gasteiger partial charge in [-0.3, -0.25) is 9.59 Å². The van der Waals surface area contributed by atoms with Crippen molar-refractivity contribution in [2.45, 2.75) is 38.0 Å². The smallest absolute Gasteiger partial charge is 0.407 e. The maximum absolute atomic E-state index is 12.5. The summed E-state index contributed by atoms with van der Waals surface area (Å²) in [6, 6.07) is 16.4. The van der Waals surface area contributed by atoms with Crippen LogP contribution in [0.4, 0.5) is 4.79 Å². The first-order valence-corrected chi connectivity index (χ1v) is 12.1. The number of amides is 2. The fraction of sp³-hybridized carbons (Fsp3) is 0.444. The molecule has 2 amide bonds. The van der Waals surface area contributed by atoms with Gasteiger partial charge < -0.3 is 20.5 Å². The van der Waals surface area contributed by atoms with Crippen LogP contribution in [0.2, 0.25) is 0 Å². The first kappa shape index (κ1) is 22.4. The number of benzene rings is 2. The van der Waals surface area contributed by atoms with Crippen molar-refractivity contribution in [2.24, 2.45) is 17.3 Å². The second kappa shape index (κ2) is 9.12. The Morgan fingerprint density at radius 3 is 2.18 bits per heavy atom. The number of alkyl carbamates (subject to hydrolysis) is 1. The summed E-state index contributed by atoms with van der Waals surface area (Å²) in [6.07, 6.45) is 3.20. The van der Waals surface area contributed by atoms with Gasteiger partial charge >= 0.3 is 12.1 Å². The third-order valence-corrected chi connectivity index (χ3v) is 7.73. The number of rotatable bonds is 8. The highest BCUT2D eigenvalue weighted by Crippen LogP contribution is 2.44. The predicted molar refractivity (Wildman–Crippen MR) is 126 cm³/mol. The Kier molecular flexibility index (Phi) is 6.02. The quantitative estimate of drug-likeness (QED) is 0.552. The number of carboxylic acids is 1. The normalized spacial score (nSPS) is 21.9. The van der Waals surface area contributed by atoms with Crippen LogP contribution in [0.1, 0.15) is 49.1 Å². The summed E-state index contributed by atoms with van der Waals surface area (Å²) >= 11 is 0. The third kappa shape index (κ3) is 4.27. The van der Waals surface area contributed by atoms with Crippen molar-refractivity contribution >= 4 is 18.0 Å². The average Bonchev–Trinajstić information content (AvgIpc) is 3.33. The number of fused-ring (bicyclic) bond motifs is 3. The zero-order valence-electron chi connectivity index (χ0n) is 19.1. The SMILES string of the molecule is O=C(NC[C@H]1C[C@H]1C(=O)NCC1(C(=O)O)CCCC1)OCC1c2ccccc2-c2ccccc21. The van der Waals surface area contributed by atoms with Crippen LogP contribution < -0.4 is 10.6 Å². The fourth-order valence-electron chi connectivity index (χ4n) is 5.56. The zero-order valence-corrected chi connectivity index (χ0v) is 19.1. The molecule has 2 saturated carbocycles. The van der Waals surface area contributed by atoms with E-state index < -0.39 is 17.5 Å². The van der Waals surface area contributed by atoms with E-state index in [0.29, 0.717) is 25.8 Å². The van der Waals surface area contributed by atoms with E-state index in [1.54, 1.807) is 0 Å². The monoisotopic (exact) mass is 462 g/mol. The third-order valence-electron chi connectivity index (χ3n) is 7.73. The van der Waals surface area contributed by atoms with Gasteiger partial charge in [0.15, 0.2) is 0 Å². The largest absolute Gasteiger partial charge is 0.481 e. The molecule has 3 aliphatic carbocycles. The summed E-state index contributed by atoms with van der Waals surface area (Å²) in [5, 5.41) is 15.2. The van der Waals surface area contributed by atoms with Crippen molar-refractivity contribution in [2.75, 3.05) is 19.7 Å². The van der Waals surface area contributed by atoms with Gasteiger partial charge in [0.25, 0.3) is 0 Å². The van der Waals surface area contributed by atoms with Gasteiger partial charge in [-0.1, -0.05) is 61.4 Å². The maximum Gasteiger partial charge on any atom is 0.407 e. The van der Waals surface area contributed by atoms with Crippen LogP contribution in [-0.2, 0) is 14.3 Å². The van der Waals surface area contributed by atoms with E-state index in [2.05, 4.69) is 34.9 Å². The molecule has 0 unspecified atom stereocenters. The highest BCUT2D eigenvalue weighted by atomic mass is 16.5. The lowest BCUT2D eigenvalue weighted by molar-refractivity contribution is -0.148. The van der Waals surface area contributed by atoms with Crippen molar-refractivity contribution in [1.82, 2.24) is 10.6 Å². The molecule has 0 spiro atoms. The second-order valence-electron chi connectivity index (χ2n) is 9.82. The van der Waals surface area contributed by atoms with Gasteiger partial charge in [-0.05, 0) is 47.4 Å². The standard InChI is InChI=1S/C27H30N2O5/c30-24(29-16-27(25(31)32)11-5-6-12-27)22-13-17(22)14-28-26(33)34-15-23-20-9-3-1-7-18(20)19-8-2-4-10-21(19)23/h1-4,7-10,17,22-23H,5-6,11-16H2,(H,28,33)(H,29,30)(H,31,32)/t17-,22-/m1/s1. The van der Waals surface area contributed by atoms with Crippen LogP contribution in [0.5, 0.6) is 0 Å². The van der Waals surface area contributed by atoms with Crippen molar-refractivity contribution in [3.8, 4) is 11.1 Å². The van der Waals surface area contributed by atoms with E-state index in [1.165, 1.54) is 11.1 Å². The summed E-state index contributed by atoms with van der Waals surface area (Å²) in [5.74, 6) is -1.05. The molecule has 7 nitrogen and oxygen atoms in total. The van der Waals surface area contributed by atoms with Crippen LogP contribution >= 0.6 is 0 Å². The van der Waals surface area contributed by atoms with Gasteiger partial charge in [-0.2, -0.15) is 0 Å². The van der Waals surface area contributed by atoms with Gasteiger partial charge in [-0.15, -0.1) is 0 Å². The molecular formula is C27H30N2O5. The van der Waals surface area contributed by atoms with E-state index in [1.807, 2.05) is 24.3 Å². The number of hydrogen-bond acceptors (Lipinski definition) is 4. The summed E-state index contributed by atoms with van der Waals surface area (Å²) < 4.78 is 5.55. The Morgan fingerprint density at radius 1 is 0.941 bits per heavy atom. The lowest BCUT2D eigenvalue weighted by Crippen LogP contribution is -2.42. The van der Waals surface area contributed by atoms with Crippen LogP contribution in [0.25, 0.3) is 11.1 Å². The Bertz CT molecular complexity index is 1060. The number of carbonyl (C=O) groups is 3. The number of nitrogens with one attached hydrogen (secondary N) is 2. The molecule has 0 heterocycles. The molecule has 3 aliphatic rings. The number of carboxylic acid groups (broad SMARTS) is 1. The van der Waals surface area contributed by atoms with Crippen LogP contribution in [0.3, 0.4) is 0 Å². The fourth-order valence-corrected chi connectivity index (χ4v) is 5.56. The topological polar surface area (TPSA) is 105 Å². The van der Waals surface area contributed by atoms with Crippen molar-refractivity contribution in [3.05, 3.63) is 59.7 Å². The molecular weight excluding hydrogens is 432 g/mol. The zero-order chi connectivity index (χ0) is 23.7. The number of hydrogen-bond donors (Lipinski definition) is 3. The van der Waals surface area contributed by atoms with Crippen molar-refractivity contribution in [3.63, 3.8) is 0 Å². The van der Waals surface area contributed by atoms with Crippen molar-refractivity contribution < 1.29 is 24.2 Å². The molecule has 3 N–H and O–H groups in total. The Balaban J connectivity index is 1.07. The lowest BCUT2D eigenvalue weighted by Gasteiger charge is -2.24. The van der Waals surface area contributed by atoms with E-state index >= 15 is 0 Å². The average molecular weight is 463 g/mol. The van der Waals surface area contributed by atoms with Gasteiger partial charge in [0.05, 0.1) is 5.41 Å². The molecule has 2 aromatic rings. The maximum atomic E-state index is 12.5. The molecule has 0 aromatic heterocycles. The molecule has 5 rings (SSSR count). The summed E-state index contributed by atoms with van der Waals surface area (Å²) in [5.41, 5.74) is 3.87. The molecule has 2 atom stereocenters. The molecule has 0 aliphatic heterocycles. The van der Waals surface area contributed by atoms with Gasteiger partial charge in [0, 0.05) is 24.9 Å². The summed E-state index contributed by atoms with van der Waals surface area (Å²) in [7, 11) is 0. The van der Waals surface area contributed by atoms with Crippen LogP contribution in [-0.4, -0.2) is 42.8 Å².